The van der Waals surface area contributed by atoms with Crippen molar-refractivity contribution in [3.8, 4) is 0 Å². The van der Waals surface area contributed by atoms with Gasteiger partial charge in [-0.05, 0) is 31.1 Å². The molecule has 0 aromatic rings. The van der Waals surface area contributed by atoms with Crippen LogP contribution in [0.1, 0.15) is 19.3 Å². The van der Waals surface area contributed by atoms with E-state index >= 15 is 0 Å². The van der Waals surface area contributed by atoms with Crippen molar-refractivity contribution < 1.29 is 27.9 Å². The molecule has 0 aromatic carbocycles. The van der Waals surface area contributed by atoms with E-state index in [0.29, 0.717) is 12.8 Å². The van der Waals surface area contributed by atoms with Crippen molar-refractivity contribution in [3.63, 3.8) is 0 Å². The summed E-state index contributed by atoms with van der Waals surface area (Å²) in [6.07, 6.45) is -3.80. The standard InChI is InChI=1S/C9H10F3NO3/c10-9(11,12)6(14)13-8(7(15)16)2-1-4-3-5(4)8/h4-5H,1-3H2,(H,13,14)(H,15,16). The van der Waals surface area contributed by atoms with Gasteiger partial charge in [-0.15, -0.1) is 0 Å². The average molecular weight is 237 g/mol. The number of alkyl halides is 3. The molecule has 2 rings (SSSR count). The molecule has 2 N–H and O–H groups in total. The Labute approximate surface area is 88.8 Å². The van der Waals surface area contributed by atoms with Crippen LogP contribution in [0.4, 0.5) is 13.2 Å². The molecule has 0 radical (unpaired) electrons. The number of rotatable bonds is 2. The van der Waals surface area contributed by atoms with Gasteiger partial charge in [0.25, 0.3) is 0 Å². The van der Waals surface area contributed by atoms with Crippen molar-refractivity contribution in [2.24, 2.45) is 11.8 Å². The molecular weight excluding hydrogens is 227 g/mol. The Morgan fingerprint density at radius 1 is 1.38 bits per heavy atom. The van der Waals surface area contributed by atoms with Crippen molar-refractivity contribution in [3.05, 3.63) is 0 Å². The van der Waals surface area contributed by atoms with E-state index in [2.05, 4.69) is 0 Å². The molecule has 2 aliphatic carbocycles. The first-order chi connectivity index (χ1) is 7.27. The van der Waals surface area contributed by atoms with E-state index in [1.165, 1.54) is 0 Å². The summed E-state index contributed by atoms with van der Waals surface area (Å²) in [6, 6.07) is 0. The predicted octanol–water partition coefficient (Wildman–Crippen LogP) is 0.918. The van der Waals surface area contributed by atoms with Gasteiger partial charge in [0.15, 0.2) is 0 Å². The number of nitrogens with one attached hydrogen (secondary N) is 1. The molecule has 2 saturated carbocycles. The van der Waals surface area contributed by atoms with Gasteiger partial charge < -0.3 is 10.4 Å². The summed E-state index contributed by atoms with van der Waals surface area (Å²) in [5.41, 5.74) is -1.70. The topological polar surface area (TPSA) is 66.4 Å². The largest absolute Gasteiger partial charge is 0.479 e. The van der Waals surface area contributed by atoms with Crippen LogP contribution in [0.2, 0.25) is 0 Å². The van der Waals surface area contributed by atoms with Crippen molar-refractivity contribution >= 4 is 11.9 Å². The molecule has 0 spiro atoms. The molecule has 0 aromatic heterocycles. The van der Waals surface area contributed by atoms with E-state index < -0.39 is 23.6 Å². The zero-order valence-corrected chi connectivity index (χ0v) is 8.17. The molecule has 2 fully saturated rings. The van der Waals surface area contributed by atoms with Crippen molar-refractivity contribution in [2.75, 3.05) is 0 Å². The molecule has 16 heavy (non-hydrogen) atoms. The van der Waals surface area contributed by atoms with Gasteiger partial charge in [-0.3, -0.25) is 4.79 Å². The maximum Gasteiger partial charge on any atom is 0.471 e. The minimum atomic E-state index is -5.03. The van der Waals surface area contributed by atoms with Crippen LogP contribution in [-0.4, -0.2) is 28.7 Å². The maximum absolute atomic E-state index is 12.1. The van der Waals surface area contributed by atoms with Gasteiger partial charge in [-0.25, -0.2) is 4.79 Å². The van der Waals surface area contributed by atoms with Gasteiger partial charge in [0.05, 0.1) is 0 Å². The number of carboxylic acid groups (broad SMARTS) is 1. The Bertz CT molecular complexity index is 354. The fourth-order valence-electron chi connectivity index (χ4n) is 2.52. The van der Waals surface area contributed by atoms with E-state index in [4.69, 9.17) is 5.11 Å². The third-order valence-electron chi connectivity index (χ3n) is 3.44. The number of hydrogen-bond donors (Lipinski definition) is 2. The van der Waals surface area contributed by atoms with E-state index in [0.717, 1.165) is 0 Å². The molecule has 1 amide bonds. The number of halogens is 3. The number of carboxylic acids is 1. The van der Waals surface area contributed by atoms with Gasteiger partial charge in [0, 0.05) is 0 Å². The Morgan fingerprint density at radius 2 is 2.00 bits per heavy atom. The van der Waals surface area contributed by atoms with E-state index in [1.54, 1.807) is 5.32 Å². The molecular formula is C9H10F3NO3. The van der Waals surface area contributed by atoms with Crippen LogP contribution in [0.5, 0.6) is 0 Å². The summed E-state index contributed by atoms with van der Waals surface area (Å²) in [5.74, 6) is -3.71. The summed E-state index contributed by atoms with van der Waals surface area (Å²) in [4.78, 5) is 21.8. The van der Waals surface area contributed by atoms with E-state index in [1.807, 2.05) is 0 Å². The first-order valence-electron chi connectivity index (χ1n) is 4.90. The van der Waals surface area contributed by atoms with Crippen LogP contribution >= 0.6 is 0 Å². The number of aliphatic carboxylic acids is 1. The lowest BCUT2D eigenvalue weighted by atomic mass is 9.93. The predicted molar refractivity (Wildman–Crippen MR) is 45.4 cm³/mol. The molecule has 0 saturated heterocycles. The summed E-state index contributed by atoms with van der Waals surface area (Å²) in [7, 11) is 0. The first kappa shape index (κ1) is 11.2. The lowest BCUT2D eigenvalue weighted by Crippen LogP contribution is -2.58. The number of carbonyl (C=O) groups excluding carboxylic acids is 1. The normalized spacial score (nSPS) is 36.7. The van der Waals surface area contributed by atoms with Gasteiger partial charge in [0.2, 0.25) is 0 Å². The smallest absolute Gasteiger partial charge is 0.471 e. The monoisotopic (exact) mass is 237 g/mol. The minimum absolute atomic E-state index is 0.0828. The van der Waals surface area contributed by atoms with Gasteiger partial charge in [-0.1, -0.05) is 0 Å². The summed E-state index contributed by atoms with van der Waals surface area (Å²) in [6.45, 7) is 0. The third kappa shape index (κ3) is 1.54. The molecule has 3 atom stereocenters. The molecule has 2 aliphatic rings. The second-order valence-corrected chi connectivity index (χ2v) is 4.37. The van der Waals surface area contributed by atoms with Gasteiger partial charge in [-0.2, -0.15) is 13.2 Å². The second kappa shape index (κ2) is 3.11. The van der Waals surface area contributed by atoms with Crippen molar-refractivity contribution in [2.45, 2.75) is 31.0 Å². The molecule has 90 valence electrons. The SMILES string of the molecule is O=C(NC1(C(=O)O)CCC2CC21)C(F)(F)F. The van der Waals surface area contributed by atoms with E-state index in [-0.39, 0.29) is 18.3 Å². The van der Waals surface area contributed by atoms with E-state index in [9.17, 15) is 22.8 Å². The maximum atomic E-state index is 12.1. The zero-order valence-electron chi connectivity index (χ0n) is 8.17. The fraction of sp³-hybridized carbons (Fsp3) is 0.778. The summed E-state index contributed by atoms with van der Waals surface area (Å²) < 4.78 is 36.2. The van der Waals surface area contributed by atoms with Crippen molar-refractivity contribution in [1.29, 1.82) is 0 Å². The lowest BCUT2D eigenvalue weighted by molar-refractivity contribution is -0.178. The number of hydrogen-bond acceptors (Lipinski definition) is 2. The summed E-state index contributed by atoms with van der Waals surface area (Å²) in [5, 5.41) is 10.7. The molecule has 0 bridgehead atoms. The third-order valence-corrected chi connectivity index (χ3v) is 3.44. The van der Waals surface area contributed by atoms with Crippen LogP contribution in [-0.2, 0) is 9.59 Å². The quantitative estimate of drug-likeness (QED) is 0.750. The van der Waals surface area contributed by atoms with Gasteiger partial charge in [0.1, 0.15) is 5.54 Å². The molecule has 0 aliphatic heterocycles. The summed E-state index contributed by atoms with van der Waals surface area (Å²) >= 11 is 0. The Kier molecular flexibility index (Phi) is 2.18. The van der Waals surface area contributed by atoms with Crippen LogP contribution < -0.4 is 5.32 Å². The number of amides is 1. The number of fused-ring (bicyclic) bond motifs is 1. The fourth-order valence-corrected chi connectivity index (χ4v) is 2.52. The highest BCUT2D eigenvalue weighted by Gasteiger charge is 2.64. The molecule has 0 heterocycles. The Morgan fingerprint density at radius 3 is 2.31 bits per heavy atom. The Balaban J connectivity index is 2.16. The highest BCUT2D eigenvalue weighted by molar-refractivity contribution is 5.90. The van der Waals surface area contributed by atoms with Crippen LogP contribution in [0.15, 0.2) is 0 Å². The van der Waals surface area contributed by atoms with Crippen molar-refractivity contribution in [1.82, 2.24) is 5.32 Å². The minimum Gasteiger partial charge on any atom is -0.479 e. The van der Waals surface area contributed by atoms with Crippen LogP contribution in [0.25, 0.3) is 0 Å². The highest BCUT2D eigenvalue weighted by Crippen LogP contribution is 2.57. The van der Waals surface area contributed by atoms with Crippen LogP contribution in [0, 0.1) is 11.8 Å². The van der Waals surface area contributed by atoms with Crippen LogP contribution in [0.3, 0.4) is 0 Å². The molecule has 4 nitrogen and oxygen atoms in total. The van der Waals surface area contributed by atoms with Gasteiger partial charge >= 0.3 is 18.1 Å². The Hall–Kier alpha value is -1.27. The highest BCUT2D eigenvalue weighted by atomic mass is 19.4. The zero-order chi connectivity index (χ0) is 12.1. The number of carbonyl (C=O) groups is 2. The lowest BCUT2D eigenvalue weighted by Gasteiger charge is -2.27. The molecule has 3 unspecified atom stereocenters. The average Bonchev–Trinajstić information content (AvgIpc) is 2.83. The second-order valence-electron chi connectivity index (χ2n) is 4.37. The molecule has 7 heteroatoms. The first-order valence-corrected chi connectivity index (χ1v) is 4.90.